The monoisotopic (exact) mass is 234 g/mol. The lowest BCUT2D eigenvalue weighted by Crippen LogP contribution is -2.16. The molecular weight excluding hydrogens is 212 g/mol. The fourth-order valence-electron chi connectivity index (χ4n) is 2.10. The van der Waals surface area contributed by atoms with Crippen molar-refractivity contribution in [3.63, 3.8) is 0 Å². The first-order valence-corrected chi connectivity index (χ1v) is 6.70. The lowest BCUT2D eigenvalue weighted by atomic mass is 10.1. The Hall–Kier alpha value is -1.19. The molecule has 0 aromatic carbocycles. The Morgan fingerprint density at radius 1 is 1.18 bits per heavy atom. The van der Waals surface area contributed by atoms with Crippen molar-refractivity contribution in [3.05, 3.63) is 11.4 Å². The highest BCUT2D eigenvalue weighted by Gasteiger charge is 2.27. The smallest absolute Gasteiger partial charge is 0.242 e. The quantitative estimate of drug-likeness (QED) is 0.821. The number of anilines is 1. The van der Waals surface area contributed by atoms with Gasteiger partial charge in [0.05, 0.1) is 11.4 Å². The molecule has 1 aromatic rings. The topological polar surface area (TPSA) is 50.7 Å². The van der Waals surface area contributed by atoms with E-state index in [-0.39, 0.29) is 0 Å². The Morgan fingerprint density at radius 2 is 1.88 bits per heavy atom. The van der Waals surface area contributed by atoms with Crippen LogP contribution < -0.4 is 5.32 Å². The predicted molar refractivity (Wildman–Crippen MR) is 69.0 cm³/mol. The number of aromatic nitrogens is 3. The summed E-state index contributed by atoms with van der Waals surface area (Å²) in [5.74, 6) is 2.32. The highest BCUT2D eigenvalue weighted by atomic mass is 15.2. The third kappa shape index (κ3) is 3.14. The molecule has 0 spiro atoms. The summed E-state index contributed by atoms with van der Waals surface area (Å²) >= 11 is 0. The second-order valence-electron chi connectivity index (χ2n) is 4.93. The maximum absolute atomic E-state index is 4.53. The molecule has 1 aliphatic carbocycles. The van der Waals surface area contributed by atoms with Crippen molar-refractivity contribution in [3.8, 4) is 0 Å². The van der Waals surface area contributed by atoms with E-state index in [9.17, 15) is 0 Å². The molecule has 1 atom stereocenters. The van der Waals surface area contributed by atoms with Crippen molar-refractivity contribution in [2.45, 2.75) is 46.5 Å². The third-order valence-corrected chi connectivity index (χ3v) is 3.52. The first-order valence-electron chi connectivity index (χ1n) is 6.70. The van der Waals surface area contributed by atoms with Gasteiger partial charge in [0.15, 0.2) is 0 Å². The van der Waals surface area contributed by atoms with E-state index >= 15 is 0 Å². The molecule has 0 saturated heterocycles. The van der Waals surface area contributed by atoms with Gasteiger partial charge < -0.3 is 5.32 Å². The van der Waals surface area contributed by atoms with E-state index in [2.05, 4.69) is 41.3 Å². The van der Waals surface area contributed by atoms with Crippen LogP contribution in [0, 0.1) is 11.8 Å². The minimum Gasteiger partial charge on any atom is -0.353 e. The molecule has 0 radical (unpaired) electrons. The maximum atomic E-state index is 4.53. The second-order valence-corrected chi connectivity index (χ2v) is 4.93. The summed E-state index contributed by atoms with van der Waals surface area (Å²) in [4.78, 5) is 4.53. The molecule has 4 heteroatoms. The molecule has 17 heavy (non-hydrogen) atoms. The van der Waals surface area contributed by atoms with Gasteiger partial charge >= 0.3 is 0 Å². The van der Waals surface area contributed by atoms with Gasteiger partial charge in [-0.15, -0.1) is 5.10 Å². The van der Waals surface area contributed by atoms with Crippen LogP contribution in [0.25, 0.3) is 0 Å². The van der Waals surface area contributed by atoms with Gasteiger partial charge in [-0.25, -0.2) is 4.98 Å². The second kappa shape index (κ2) is 5.43. The maximum Gasteiger partial charge on any atom is 0.242 e. The zero-order chi connectivity index (χ0) is 12.3. The van der Waals surface area contributed by atoms with E-state index in [1.807, 2.05) is 0 Å². The minimum absolute atomic E-state index is 0.687. The Labute approximate surface area is 103 Å². The summed E-state index contributed by atoms with van der Waals surface area (Å²) in [5.41, 5.74) is 2.09. The third-order valence-electron chi connectivity index (χ3n) is 3.52. The van der Waals surface area contributed by atoms with Crippen molar-refractivity contribution in [1.82, 2.24) is 15.2 Å². The molecule has 1 saturated carbocycles. The molecule has 94 valence electrons. The molecule has 0 amide bonds. The Kier molecular flexibility index (Phi) is 3.92. The van der Waals surface area contributed by atoms with E-state index in [0.717, 1.165) is 42.6 Å². The molecule has 1 unspecified atom stereocenters. The molecule has 0 aliphatic heterocycles. The van der Waals surface area contributed by atoms with E-state index in [4.69, 9.17) is 0 Å². The molecule has 1 N–H and O–H groups in total. The first kappa shape index (κ1) is 12.3. The Bertz CT molecular complexity index is 374. The zero-order valence-corrected chi connectivity index (χ0v) is 11.0. The minimum atomic E-state index is 0.687. The van der Waals surface area contributed by atoms with E-state index < -0.39 is 0 Å². The van der Waals surface area contributed by atoms with Crippen molar-refractivity contribution >= 4 is 5.95 Å². The summed E-state index contributed by atoms with van der Waals surface area (Å²) in [6.45, 7) is 7.45. The normalized spacial score (nSPS) is 16.9. The lowest BCUT2D eigenvalue weighted by Gasteiger charge is -2.12. The summed E-state index contributed by atoms with van der Waals surface area (Å²) in [7, 11) is 0. The molecule has 1 heterocycles. The fraction of sp³-hybridized carbons (Fsp3) is 0.769. The van der Waals surface area contributed by atoms with E-state index in [0.29, 0.717) is 5.95 Å². The van der Waals surface area contributed by atoms with Gasteiger partial charge in [-0.2, -0.15) is 5.10 Å². The molecule has 4 nitrogen and oxygen atoms in total. The van der Waals surface area contributed by atoms with Crippen LogP contribution in [0.4, 0.5) is 5.95 Å². The molecule has 0 bridgehead atoms. The molecule has 1 fully saturated rings. The van der Waals surface area contributed by atoms with Gasteiger partial charge in [-0.05, 0) is 37.5 Å². The van der Waals surface area contributed by atoms with Crippen LogP contribution in [-0.2, 0) is 12.8 Å². The molecule has 1 aliphatic rings. The van der Waals surface area contributed by atoms with E-state index in [1.165, 1.54) is 12.8 Å². The number of nitrogens with zero attached hydrogens (tertiary/aromatic N) is 3. The van der Waals surface area contributed by atoms with Crippen molar-refractivity contribution < 1.29 is 0 Å². The summed E-state index contributed by atoms with van der Waals surface area (Å²) in [6.07, 6.45) is 4.60. The SMILES string of the molecule is CCc1nnc(NCC(C)C2CC2)nc1CC. The fourth-order valence-corrected chi connectivity index (χ4v) is 2.10. The highest BCUT2D eigenvalue weighted by molar-refractivity contribution is 5.25. The number of rotatable bonds is 6. The van der Waals surface area contributed by atoms with Crippen LogP contribution >= 0.6 is 0 Å². The van der Waals surface area contributed by atoms with Crippen LogP contribution in [0.2, 0.25) is 0 Å². The largest absolute Gasteiger partial charge is 0.353 e. The lowest BCUT2D eigenvalue weighted by molar-refractivity contribution is 0.534. The zero-order valence-electron chi connectivity index (χ0n) is 11.0. The van der Waals surface area contributed by atoms with Gasteiger partial charge in [0.2, 0.25) is 5.95 Å². The van der Waals surface area contributed by atoms with Crippen molar-refractivity contribution in [1.29, 1.82) is 0 Å². The van der Waals surface area contributed by atoms with Gasteiger partial charge in [0.25, 0.3) is 0 Å². The highest BCUT2D eigenvalue weighted by Crippen LogP contribution is 2.36. The molecular formula is C13H22N4. The number of nitrogens with one attached hydrogen (secondary N) is 1. The van der Waals surface area contributed by atoms with Crippen LogP contribution in [0.1, 0.15) is 45.0 Å². The van der Waals surface area contributed by atoms with Gasteiger partial charge in [-0.1, -0.05) is 20.8 Å². The summed E-state index contributed by atoms with van der Waals surface area (Å²) < 4.78 is 0. The summed E-state index contributed by atoms with van der Waals surface area (Å²) in [6, 6.07) is 0. The van der Waals surface area contributed by atoms with Gasteiger partial charge in [0.1, 0.15) is 0 Å². The van der Waals surface area contributed by atoms with Crippen LogP contribution in [0.15, 0.2) is 0 Å². The molecule has 1 aromatic heterocycles. The first-order chi connectivity index (χ1) is 8.24. The predicted octanol–water partition coefficient (Wildman–Crippen LogP) is 2.45. The van der Waals surface area contributed by atoms with Crippen molar-refractivity contribution in [2.75, 3.05) is 11.9 Å². The molecule has 2 rings (SSSR count). The average Bonchev–Trinajstić information content (AvgIpc) is 3.19. The van der Waals surface area contributed by atoms with Gasteiger partial charge in [0, 0.05) is 6.54 Å². The van der Waals surface area contributed by atoms with Crippen LogP contribution in [-0.4, -0.2) is 21.7 Å². The average molecular weight is 234 g/mol. The summed E-state index contributed by atoms with van der Waals surface area (Å²) in [5, 5.41) is 11.7. The Balaban J connectivity index is 1.95. The van der Waals surface area contributed by atoms with Crippen LogP contribution in [0.5, 0.6) is 0 Å². The van der Waals surface area contributed by atoms with Crippen LogP contribution in [0.3, 0.4) is 0 Å². The number of hydrogen-bond acceptors (Lipinski definition) is 4. The van der Waals surface area contributed by atoms with Gasteiger partial charge in [-0.3, -0.25) is 0 Å². The standard InChI is InChI=1S/C13H22N4/c1-4-11-12(5-2)16-17-13(15-11)14-8-9(3)10-6-7-10/h9-10H,4-8H2,1-3H3,(H,14,15,17). The van der Waals surface area contributed by atoms with Crippen molar-refractivity contribution in [2.24, 2.45) is 11.8 Å². The Morgan fingerprint density at radius 3 is 2.47 bits per heavy atom. The number of aryl methyl sites for hydroxylation is 2. The number of hydrogen-bond donors (Lipinski definition) is 1. The van der Waals surface area contributed by atoms with E-state index in [1.54, 1.807) is 0 Å².